The number of benzene rings is 1. The van der Waals surface area contributed by atoms with Gasteiger partial charge in [0.25, 0.3) is 11.8 Å². The minimum Gasteiger partial charge on any atom is -0.347 e. The standard InChI is InChI=1S/C22H30N4O2/c1-4-5-13-25(3)22(28)20-24-19(18-12-8-9-14-26(18)20)21(27)23-15-17-11-7-6-10-16(17)2/h6-7,10-11H,4-5,8-9,12-15H2,1-3H3,(H,23,27). The molecule has 28 heavy (non-hydrogen) atoms. The Kier molecular flexibility index (Phi) is 6.49. The van der Waals surface area contributed by atoms with Crippen LogP contribution in [0, 0.1) is 6.92 Å². The zero-order chi connectivity index (χ0) is 20.1. The molecule has 6 nitrogen and oxygen atoms in total. The maximum absolute atomic E-state index is 12.9. The number of nitrogens with one attached hydrogen (secondary N) is 1. The summed E-state index contributed by atoms with van der Waals surface area (Å²) in [4.78, 5) is 32.0. The number of hydrogen-bond acceptors (Lipinski definition) is 3. The third kappa shape index (κ3) is 4.26. The lowest BCUT2D eigenvalue weighted by atomic mass is 10.1. The molecule has 0 saturated heterocycles. The van der Waals surface area contributed by atoms with Gasteiger partial charge in [-0.25, -0.2) is 4.98 Å². The molecule has 6 heteroatoms. The number of aryl methyl sites for hydroxylation is 1. The molecule has 2 heterocycles. The quantitative estimate of drug-likeness (QED) is 0.799. The van der Waals surface area contributed by atoms with E-state index in [2.05, 4.69) is 17.2 Å². The van der Waals surface area contributed by atoms with Crippen LogP contribution < -0.4 is 5.32 Å². The van der Waals surface area contributed by atoms with Gasteiger partial charge in [-0.2, -0.15) is 0 Å². The molecule has 0 fully saturated rings. The molecule has 3 rings (SSSR count). The minimum absolute atomic E-state index is 0.102. The van der Waals surface area contributed by atoms with E-state index in [0.29, 0.717) is 24.6 Å². The lowest BCUT2D eigenvalue weighted by molar-refractivity contribution is 0.0775. The van der Waals surface area contributed by atoms with E-state index in [1.807, 2.05) is 35.8 Å². The maximum atomic E-state index is 12.9. The fourth-order valence-corrected chi connectivity index (χ4v) is 3.62. The average molecular weight is 383 g/mol. The summed E-state index contributed by atoms with van der Waals surface area (Å²) < 4.78 is 1.96. The van der Waals surface area contributed by atoms with Crippen molar-refractivity contribution in [1.82, 2.24) is 19.8 Å². The summed E-state index contributed by atoms with van der Waals surface area (Å²) in [5, 5.41) is 2.98. The van der Waals surface area contributed by atoms with Gasteiger partial charge < -0.3 is 14.8 Å². The normalized spacial score (nSPS) is 13.1. The molecule has 0 saturated carbocycles. The lowest BCUT2D eigenvalue weighted by Crippen LogP contribution is -2.31. The fourth-order valence-electron chi connectivity index (χ4n) is 3.62. The van der Waals surface area contributed by atoms with E-state index in [4.69, 9.17) is 0 Å². The van der Waals surface area contributed by atoms with Crippen molar-refractivity contribution in [2.24, 2.45) is 0 Å². The smallest absolute Gasteiger partial charge is 0.289 e. The monoisotopic (exact) mass is 382 g/mol. The van der Waals surface area contributed by atoms with Crippen LogP contribution in [0.3, 0.4) is 0 Å². The Morgan fingerprint density at radius 1 is 1.25 bits per heavy atom. The number of nitrogens with zero attached hydrogens (tertiary/aromatic N) is 3. The van der Waals surface area contributed by atoms with Crippen LogP contribution in [0.25, 0.3) is 0 Å². The zero-order valence-corrected chi connectivity index (χ0v) is 17.1. The van der Waals surface area contributed by atoms with Gasteiger partial charge in [0.15, 0.2) is 5.82 Å². The van der Waals surface area contributed by atoms with E-state index in [9.17, 15) is 9.59 Å². The second-order valence-corrected chi connectivity index (χ2v) is 7.53. The molecule has 0 unspecified atom stereocenters. The SMILES string of the molecule is CCCCN(C)C(=O)c1nc(C(=O)NCc2ccccc2C)c2n1CCCC2. The number of rotatable bonds is 7. The van der Waals surface area contributed by atoms with E-state index >= 15 is 0 Å². The number of aromatic nitrogens is 2. The second-order valence-electron chi connectivity index (χ2n) is 7.53. The number of hydrogen-bond donors (Lipinski definition) is 1. The van der Waals surface area contributed by atoms with Crippen molar-refractivity contribution in [1.29, 1.82) is 0 Å². The molecule has 0 radical (unpaired) electrons. The van der Waals surface area contributed by atoms with Crippen LogP contribution in [-0.2, 0) is 19.5 Å². The maximum Gasteiger partial charge on any atom is 0.289 e. The Hall–Kier alpha value is -2.63. The van der Waals surface area contributed by atoms with Crippen molar-refractivity contribution in [3.05, 3.63) is 52.6 Å². The highest BCUT2D eigenvalue weighted by Gasteiger charge is 2.28. The molecule has 0 bridgehead atoms. The molecule has 0 spiro atoms. The van der Waals surface area contributed by atoms with E-state index in [0.717, 1.165) is 55.5 Å². The Labute approximate surface area is 166 Å². The van der Waals surface area contributed by atoms with Crippen molar-refractivity contribution in [3.8, 4) is 0 Å². The Morgan fingerprint density at radius 3 is 2.79 bits per heavy atom. The van der Waals surface area contributed by atoms with Crippen molar-refractivity contribution in [2.45, 2.75) is 59.0 Å². The zero-order valence-electron chi connectivity index (χ0n) is 17.1. The van der Waals surface area contributed by atoms with Crippen molar-refractivity contribution >= 4 is 11.8 Å². The van der Waals surface area contributed by atoms with Crippen LogP contribution in [-0.4, -0.2) is 39.9 Å². The Bertz CT molecular complexity index is 856. The summed E-state index contributed by atoms with van der Waals surface area (Å²) in [6.45, 7) is 6.04. The second kappa shape index (κ2) is 9.04. The highest BCUT2D eigenvalue weighted by atomic mass is 16.2. The van der Waals surface area contributed by atoms with Crippen molar-refractivity contribution in [3.63, 3.8) is 0 Å². The molecule has 150 valence electrons. The number of carbonyl (C=O) groups is 2. The highest BCUT2D eigenvalue weighted by molar-refractivity contribution is 5.97. The minimum atomic E-state index is -0.204. The van der Waals surface area contributed by atoms with Crippen LogP contribution in [0.5, 0.6) is 0 Å². The first-order valence-electron chi connectivity index (χ1n) is 10.2. The van der Waals surface area contributed by atoms with Gasteiger partial charge in [-0.15, -0.1) is 0 Å². The van der Waals surface area contributed by atoms with Gasteiger partial charge in [0.2, 0.25) is 0 Å². The summed E-state index contributed by atoms with van der Waals surface area (Å²) >= 11 is 0. The van der Waals surface area contributed by atoms with Gasteiger partial charge in [-0.05, 0) is 43.7 Å². The lowest BCUT2D eigenvalue weighted by Gasteiger charge is -2.20. The molecule has 1 aromatic carbocycles. The molecule has 1 aliphatic heterocycles. The van der Waals surface area contributed by atoms with Gasteiger partial charge in [0.05, 0.1) is 5.69 Å². The topological polar surface area (TPSA) is 67.2 Å². The molecule has 0 atom stereocenters. The predicted octanol–water partition coefficient (Wildman–Crippen LogP) is 3.33. The number of unbranched alkanes of at least 4 members (excludes halogenated alkanes) is 1. The van der Waals surface area contributed by atoms with Gasteiger partial charge in [0, 0.05) is 26.7 Å². The fraction of sp³-hybridized carbons (Fsp3) is 0.500. The van der Waals surface area contributed by atoms with E-state index in [-0.39, 0.29) is 11.8 Å². The largest absolute Gasteiger partial charge is 0.347 e. The summed E-state index contributed by atoms with van der Waals surface area (Å²) in [5.74, 6) is 0.0908. The van der Waals surface area contributed by atoms with Crippen molar-refractivity contribution < 1.29 is 9.59 Å². The molecule has 1 aromatic heterocycles. The first-order chi connectivity index (χ1) is 13.5. The third-order valence-corrected chi connectivity index (χ3v) is 5.42. The van der Waals surface area contributed by atoms with Crippen LogP contribution in [0.4, 0.5) is 0 Å². The molecule has 2 amide bonds. The average Bonchev–Trinajstić information content (AvgIpc) is 3.10. The molecule has 2 aromatic rings. The number of fused-ring (bicyclic) bond motifs is 1. The molecule has 1 N–H and O–H groups in total. The Morgan fingerprint density at radius 2 is 2.04 bits per heavy atom. The third-order valence-electron chi connectivity index (χ3n) is 5.42. The van der Waals surface area contributed by atoms with Crippen LogP contribution in [0.2, 0.25) is 0 Å². The van der Waals surface area contributed by atoms with E-state index in [1.165, 1.54) is 0 Å². The number of carbonyl (C=O) groups excluding carboxylic acids is 2. The van der Waals surface area contributed by atoms with Gasteiger partial charge in [-0.3, -0.25) is 9.59 Å². The summed E-state index contributed by atoms with van der Waals surface area (Å²) in [7, 11) is 1.81. The van der Waals surface area contributed by atoms with Gasteiger partial charge >= 0.3 is 0 Å². The highest BCUT2D eigenvalue weighted by Crippen LogP contribution is 2.22. The van der Waals surface area contributed by atoms with E-state index < -0.39 is 0 Å². The Balaban J connectivity index is 1.81. The van der Waals surface area contributed by atoms with E-state index in [1.54, 1.807) is 11.9 Å². The summed E-state index contributed by atoms with van der Waals surface area (Å²) in [5.41, 5.74) is 3.52. The number of amides is 2. The summed E-state index contributed by atoms with van der Waals surface area (Å²) in [6.07, 6.45) is 4.80. The summed E-state index contributed by atoms with van der Waals surface area (Å²) in [6, 6.07) is 7.99. The predicted molar refractivity (Wildman–Crippen MR) is 109 cm³/mol. The first-order valence-corrected chi connectivity index (χ1v) is 10.2. The van der Waals surface area contributed by atoms with Crippen LogP contribution in [0.1, 0.15) is 70.5 Å². The van der Waals surface area contributed by atoms with Gasteiger partial charge in [-0.1, -0.05) is 37.6 Å². The van der Waals surface area contributed by atoms with Gasteiger partial charge in [0.1, 0.15) is 5.69 Å². The van der Waals surface area contributed by atoms with Crippen LogP contribution in [0.15, 0.2) is 24.3 Å². The molecule has 1 aliphatic rings. The molecular weight excluding hydrogens is 352 g/mol. The van der Waals surface area contributed by atoms with Crippen molar-refractivity contribution in [2.75, 3.05) is 13.6 Å². The molecular formula is C22H30N4O2. The first kappa shape index (κ1) is 20.1. The van der Waals surface area contributed by atoms with Crippen LogP contribution >= 0.6 is 0 Å². The molecule has 0 aliphatic carbocycles. The number of imidazole rings is 1.